The van der Waals surface area contributed by atoms with E-state index < -0.39 is 5.97 Å². The number of aryl methyl sites for hydroxylation is 1. The van der Waals surface area contributed by atoms with Crippen molar-refractivity contribution in [2.75, 3.05) is 6.61 Å². The van der Waals surface area contributed by atoms with Crippen molar-refractivity contribution in [3.05, 3.63) is 89.5 Å². The predicted molar refractivity (Wildman–Crippen MR) is 121 cm³/mol. The van der Waals surface area contributed by atoms with Crippen LogP contribution in [-0.4, -0.2) is 17.7 Å². The van der Waals surface area contributed by atoms with E-state index in [4.69, 9.17) is 14.3 Å². The van der Waals surface area contributed by atoms with E-state index in [1.807, 2.05) is 25.1 Å². The third kappa shape index (κ3) is 3.70. The molecule has 0 aliphatic heterocycles. The van der Waals surface area contributed by atoms with Crippen LogP contribution in [0.3, 0.4) is 0 Å². The van der Waals surface area contributed by atoms with Crippen LogP contribution in [0.15, 0.2) is 77.2 Å². The Hall–Kier alpha value is -3.53. The molecule has 5 rings (SSSR count). The van der Waals surface area contributed by atoms with Gasteiger partial charge in [0.25, 0.3) is 0 Å². The Morgan fingerprint density at radius 2 is 1.81 bits per heavy atom. The Balaban J connectivity index is 1.43. The van der Waals surface area contributed by atoms with Gasteiger partial charge in [0.1, 0.15) is 17.1 Å². The van der Waals surface area contributed by atoms with Gasteiger partial charge in [0.2, 0.25) is 0 Å². The zero-order chi connectivity index (χ0) is 21.4. The van der Waals surface area contributed by atoms with E-state index in [0.29, 0.717) is 5.75 Å². The molecule has 0 bridgehead atoms. The molecule has 0 atom stereocenters. The molecule has 4 heteroatoms. The number of carboxylic acids is 1. The lowest BCUT2D eigenvalue weighted by molar-refractivity contribution is -0.137. The molecule has 1 heterocycles. The maximum absolute atomic E-state index is 10.7. The van der Waals surface area contributed by atoms with Gasteiger partial charge in [0.15, 0.2) is 0 Å². The highest BCUT2D eigenvalue weighted by molar-refractivity contribution is 5.84. The van der Waals surface area contributed by atoms with E-state index in [9.17, 15) is 4.79 Å². The summed E-state index contributed by atoms with van der Waals surface area (Å²) in [6.07, 6.45) is 2.34. The molecule has 31 heavy (non-hydrogen) atoms. The summed E-state index contributed by atoms with van der Waals surface area (Å²) in [5.74, 6) is 0.626. The lowest BCUT2D eigenvalue weighted by Crippen LogP contribution is -2.07. The lowest BCUT2D eigenvalue weighted by atomic mass is 9.87. The number of carbonyl (C=O) groups is 1. The number of fused-ring (bicyclic) bond motifs is 1. The maximum Gasteiger partial charge on any atom is 0.306 e. The van der Waals surface area contributed by atoms with Gasteiger partial charge in [-0.1, -0.05) is 36.4 Å². The first kappa shape index (κ1) is 19.4. The van der Waals surface area contributed by atoms with Crippen molar-refractivity contribution in [3.8, 4) is 17.1 Å². The summed E-state index contributed by atoms with van der Waals surface area (Å²) < 4.78 is 11.7. The fourth-order valence-electron chi connectivity index (χ4n) is 4.36. The van der Waals surface area contributed by atoms with Crippen LogP contribution < -0.4 is 4.74 Å². The van der Waals surface area contributed by atoms with Crippen LogP contribution in [0.1, 0.15) is 36.0 Å². The van der Waals surface area contributed by atoms with E-state index in [-0.39, 0.29) is 18.4 Å². The van der Waals surface area contributed by atoms with Crippen LogP contribution in [0.2, 0.25) is 0 Å². The smallest absolute Gasteiger partial charge is 0.306 e. The third-order valence-corrected chi connectivity index (χ3v) is 6.19. The molecule has 1 N–H and O–H groups in total. The minimum absolute atomic E-state index is 0.0167. The summed E-state index contributed by atoms with van der Waals surface area (Å²) in [7, 11) is 0. The van der Waals surface area contributed by atoms with E-state index in [1.165, 1.54) is 24.0 Å². The van der Waals surface area contributed by atoms with Gasteiger partial charge in [-0.2, -0.15) is 0 Å². The summed E-state index contributed by atoms with van der Waals surface area (Å²) in [5, 5.41) is 9.86. The minimum Gasteiger partial charge on any atom is -0.493 e. The summed E-state index contributed by atoms with van der Waals surface area (Å²) >= 11 is 0. The average molecular weight is 412 g/mol. The molecule has 1 aliphatic carbocycles. The van der Waals surface area contributed by atoms with Crippen LogP contribution in [0.5, 0.6) is 5.75 Å². The van der Waals surface area contributed by atoms with Crippen molar-refractivity contribution in [2.24, 2.45) is 0 Å². The van der Waals surface area contributed by atoms with Gasteiger partial charge in [-0.25, -0.2) is 0 Å². The highest BCUT2D eigenvalue weighted by atomic mass is 16.5. The Kier molecular flexibility index (Phi) is 4.78. The Morgan fingerprint density at radius 1 is 1.00 bits per heavy atom. The molecule has 1 fully saturated rings. The normalized spacial score (nSPS) is 14.5. The van der Waals surface area contributed by atoms with Gasteiger partial charge >= 0.3 is 5.97 Å². The molecule has 3 aromatic carbocycles. The summed E-state index contributed by atoms with van der Waals surface area (Å²) in [6, 6.07) is 25.1. The number of hydrogen-bond donors (Lipinski definition) is 1. The van der Waals surface area contributed by atoms with E-state index in [0.717, 1.165) is 27.9 Å². The molecule has 0 amide bonds. The molecule has 156 valence electrons. The largest absolute Gasteiger partial charge is 0.493 e. The summed E-state index contributed by atoms with van der Waals surface area (Å²) in [5.41, 5.74) is 5.77. The van der Waals surface area contributed by atoms with Crippen molar-refractivity contribution in [2.45, 2.75) is 31.6 Å². The monoisotopic (exact) mass is 412 g/mol. The lowest BCUT2D eigenvalue weighted by Gasteiger charge is -2.16. The van der Waals surface area contributed by atoms with Crippen molar-refractivity contribution in [1.82, 2.24) is 0 Å². The van der Waals surface area contributed by atoms with Gasteiger partial charge in [0, 0.05) is 16.4 Å². The highest BCUT2D eigenvalue weighted by Crippen LogP contribution is 2.54. The third-order valence-electron chi connectivity index (χ3n) is 6.19. The fourth-order valence-corrected chi connectivity index (χ4v) is 4.36. The predicted octanol–water partition coefficient (Wildman–Crippen LogP) is 6.34. The van der Waals surface area contributed by atoms with Crippen LogP contribution in [0.25, 0.3) is 22.3 Å². The van der Waals surface area contributed by atoms with Crippen molar-refractivity contribution in [3.63, 3.8) is 0 Å². The molecule has 4 aromatic rings. The second-order valence-electron chi connectivity index (χ2n) is 8.28. The number of rotatable bonds is 7. The van der Waals surface area contributed by atoms with Crippen molar-refractivity contribution < 1.29 is 19.1 Å². The first-order valence-electron chi connectivity index (χ1n) is 10.6. The standard InChI is InChI=1S/C27H24O4/c1-18-15-22(30-14-11-26(28)29)8-9-23(18)25-17-19-16-21(7-10-24(19)31-25)27(12-13-27)20-5-3-2-4-6-20/h2-10,15-17H,11-14H2,1H3,(H,28,29). The zero-order valence-electron chi connectivity index (χ0n) is 17.4. The number of aliphatic carboxylic acids is 1. The van der Waals surface area contributed by atoms with Gasteiger partial charge < -0.3 is 14.3 Å². The second kappa shape index (κ2) is 7.62. The van der Waals surface area contributed by atoms with E-state index in [2.05, 4.69) is 54.6 Å². The molecule has 0 spiro atoms. The van der Waals surface area contributed by atoms with Gasteiger partial charge in [0.05, 0.1) is 13.0 Å². The van der Waals surface area contributed by atoms with Crippen LogP contribution >= 0.6 is 0 Å². The number of hydrogen-bond acceptors (Lipinski definition) is 3. The summed E-state index contributed by atoms with van der Waals surface area (Å²) in [6.45, 7) is 2.16. The van der Waals surface area contributed by atoms with Crippen molar-refractivity contribution in [1.29, 1.82) is 0 Å². The first-order chi connectivity index (χ1) is 15.0. The van der Waals surface area contributed by atoms with Crippen molar-refractivity contribution >= 4 is 16.9 Å². The molecule has 4 nitrogen and oxygen atoms in total. The van der Waals surface area contributed by atoms with E-state index >= 15 is 0 Å². The van der Waals surface area contributed by atoms with Crippen LogP contribution in [0.4, 0.5) is 0 Å². The molecule has 1 aromatic heterocycles. The van der Waals surface area contributed by atoms with Gasteiger partial charge in [-0.05, 0) is 72.9 Å². The minimum atomic E-state index is -0.866. The highest BCUT2D eigenvalue weighted by Gasteiger charge is 2.45. The SMILES string of the molecule is Cc1cc(OCCC(=O)O)ccc1-c1cc2cc(C3(c4ccccc4)CC3)ccc2o1. The number of benzene rings is 3. The Morgan fingerprint density at radius 3 is 2.52 bits per heavy atom. The fraction of sp³-hybridized carbons (Fsp3) is 0.222. The quantitative estimate of drug-likeness (QED) is 0.385. The second-order valence-corrected chi connectivity index (χ2v) is 8.28. The molecular weight excluding hydrogens is 388 g/mol. The van der Waals surface area contributed by atoms with E-state index in [1.54, 1.807) is 0 Å². The topological polar surface area (TPSA) is 59.7 Å². The molecule has 1 aliphatic rings. The molecule has 0 radical (unpaired) electrons. The van der Waals surface area contributed by atoms with Crippen LogP contribution in [0, 0.1) is 6.92 Å². The molecule has 0 unspecified atom stereocenters. The zero-order valence-corrected chi connectivity index (χ0v) is 17.4. The number of furan rings is 1. The Labute approximate surface area is 181 Å². The number of ether oxygens (including phenoxy) is 1. The van der Waals surface area contributed by atoms with Gasteiger partial charge in [-0.3, -0.25) is 4.79 Å². The first-order valence-corrected chi connectivity index (χ1v) is 10.6. The molecule has 0 saturated heterocycles. The van der Waals surface area contributed by atoms with Crippen LogP contribution in [-0.2, 0) is 10.2 Å². The maximum atomic E-state index is 10.7. The average Bonchev–Trinajstić information content (AvgIpc) is 3.47. The Bertz CT molecular complexity index is 1250. The molecular formula is C27H24O4. The summed E-state index contributed by atoms with van der Waals surface area (Å²) in [4.78, 5) is 10.7. The van der Waals surface area contributed by atoms with Gasteiger partial charge in [-0.15, -0.1) is 0 Å². The molecule has 1 saturated carbocycles. The number of carboxylic acid groups (broad SMARTS) is 1.